The second kappa shape index (κ2) is 7.03. The van der Waals surface area contributed by atoms with E-state index < -0.39 is 0 Å². The maximum absolute atomic E-state index is 5.18. The number of rotatable bonds is 5. The van der Waals surface area contributed by atoms with Gasteiger partial charge in [-0.05, 0) is 24.6 Å². The quantitative estimate of drug-likeness (QED) is 0.875. The van der Waals surface area contributed by atoms with Crippen LogP contribution < -0.4 is 10.1 Å². The highest BCUT2D eigenvalue weighted by Crippen LogP contribution is 2.12. The summed E-state index contributed by atoms with van der Waals surface area (Å²) in [5.74, 6) is 0.892. The van der Waals surface area contributed by atoms with Gasteiger partial charge in [0.2, 0.25) is 0 Å². The first kappa shape index (κ1) is 14.5. The number of nitrogens with one attached hydrogen (secondary N) is 2. The molecule has 0 bridgehead atoms. The largest absolute Gasteiger partial charge is 0.497 e. The van der Waals surface area contributed by atoms with Crippen LogP contribution in [0.2, 0.25) is 0 Å². The van der Waals surface area contributed by atoms with Gasteiger partial charge in [-0.3, -0.25) is 5.10 Å². The number of nitrogens with zero attached hydrogens (tertiary/aromatic N) is 1. The van der Waals surface area contributed by atoms with Crippen molar-refractivity contribution in [1.29, 1.82) is 0 Å². The second-order valence-electron chi connectivity index (χ2n) is 3.98. The van der Waals surface area contributed by atoms with Gasteiger partial charge < -0.3 is 10.1 Å². The Kier molecular flexibility index (Phi) is 5.68. The van der Waals surface area contributed by atoms with Crippen LogP contribution in [0.15, 0.2) is 30.5 Å². The van der Waals surface area contributed by atoms with Gasteiger partial charge >= 0.3 is 0 Å². The molecule has 18 heavy (non-hydrogen) atoms. The first-order chi connectivity index (χ1) is 8.29. The fourth-order valence-corrected chi connectivity index (χ4v) is 1.68. The number of ether oxygens (including phenoxy) is 1. The van der Waals surface area contributed by atoms with E-state index in [1.165, 1.54) is 11.1 Å². The van der Waals surface area contributed by atoms with Crippen LogP contribution in [0.5, 0.6) is 5.75 Å². The van der Waals surface area contributed by atoms with Crippen LogP contribution in [0, 0.1) is 6.92 Å². The Morgan fingerprint density at radius 3 is 2.83 bits per heavy atom. The molecule has 1 heterocycles. The van der Waals surface area contributed by atoms with Crippen molar-refractivity contribution < 1.29 is 4.74 Å². The van der Waals surface area contributed by atoms with Gasteiger partial charge in [0.05, 0.1) is 13.3 Å². The topological polar surface area (TPSA) is 49.9 Å². The SMILES string of the molecule is COc1cccc(CNCc2cn[nH]c2C)c1.Cl. The van der Waals surface area contributed by atoms with Crippen LogP contribution in [-0.2, 0) is 13.1 Å². The molecule has 0 unspecified atom stereocenters. The lowest BCUT2D eigenvalue weighted by Crippen LogP contribution is -2.12. The lowest BCUT2D eigenvalue weighted by molar-refractivity contribution is 0.414. The van der Waals surface area contributed by atoms with Gasteiger partial charge in [0, 0.05) is 24.3 Å². The van der Waals surface area contributed by atoms with E-state index in [1.807, 2.05) is 31.3 Å². The summed E-state index contributed by atoms with van der Waals surface area (Å²) in [6, 6.07) is 8.07. The predicted octanol–water partition coefficient (Wildman–Crippen LogP) is 2.44. The van der Waals surface area contributed by atoms with E-state index in [9.17, 15) is 0 Å². The molecule has 0 atom stereocenters. The molecule has 0 saturated heterocycles. The molecule has 0 spiro atoms. The molecular weight excluding hydrogens is 250 g/mol. The van der Waals surface area contributed by atoms with Crippen molar-refractivity contribution in [2.24, 2.45) is 0 Å². The fraction of sp³-hybridized carbons (Fsp3) is 0.308. The van der Waals surface area contributed by atoms with Crippen LogP contribution in [0.25, 0.3) is 0 Å². The van der Waals surface area contributed by atoms with Gasteiger partial charge in [0.25, 0.3) is 0 Å². The maximum Gasteiger partial charge on any atom is 0.119 e. The zero-order valence-corrected chi connectivity index (χ0v) is 11.4. The number of hydrogen-bond acceptors (Lipinski definition) is 3. The molecule has 4 nitrogen and oxygen atoms in total. The number of methoxy groups -OCH3 is 1. The second-order valence-corrected chi connectivity index (χ2v) is 3.98. The molecular formula is C13H18ClN3O. The minimum absolute atomic E-state index is 0. The smallest absolute Gasteiger partial charge is 0.119 e. The summed E-state index contributed by atoms with van der Waals surface area (Å²) in [7, 11) is 1.68. The number of benzene rings is 1. The van der Waals surface area contributed by atoms with E-state index in [2.05, 4.69) is 21.6 Å². The summed E-state index contributed by atoms with van der Waals surface area (Å²) >= 11 is 0. The van der Waals surface area contributed by atoms with Crippen LogP contribution in [0.1, 0.15) is 16.8 Å². The predicted molar refractivity (Wildman–Crippen MR) is 74.1 cm³/mol. The minimum atomic E-state index is 0. The number of aromatic nitrogens is 2. The maximum atomic E-state index is 5.18. The standard InChI is InChI=1S/C13H17N3O.ClH/c1-10-12(9-15-16-10)8-14-7-11-4-3-5-13(6-11)17-2;/h3-6,9,14H,7-8H2,1-2H3,(H,15,16);1H. The third-order valence-corrected chi connectivity index (χ3v) is 2.71. The lowest BCUT2D eigenvalue weighted by atomic mass is 10.2. The van der Waals surface area contributed by atoms with Gasteiger partial charge in [-0.15, -0.1) is 12.4 Å². The van der Waals surface area contributed by atoms with Gasteiger partial charge in [0.1, 0.15) is 5.75 Å². The average Bonchev–Trinajstić information content (AvgIpc) is 2.76. The van der Waals surface area contributed by atoms with Crippen molar-refractivity contribution in [2.45, 2.75) is 20.0 Å². The minimum Gasteiger partial charge on any atom is -0.497 e. The number of aryl methyl sites for hydroxylation is 1. The molecule has 0 aliphatic carbocycles. The zero-order valence-electron chi connectivity index (χ0n) is 10.6. The first-order valence-electron chi connectivity index (χ1n) is 5.62. The highest BCUT2D eigenvalue weighted by molar-refractivity contribution is 5.85. The average molecular weight is 268 g/mol. The van der Waals surface area contributed by atoms with E-state index in [4.69, 9.17) is 4.74 Å². The molecule has 1 aromatic heterocycles. The van der Waals surface area contributed by atoms with Crippen molar-refractivity contribution >= 4 is 12.4 Å². The highest BCUT2D eigenvalue weighted by Gasteiger charge is 2.00. The van der Waals surface area contributed by atoms with E-state index in [0.29, 0.717) is 0 Å². The molecule has 1 aromatic carbocycles. The van der Waals surface area contributed by atoms with E-state index in [1.54, 1.807) is 7.11 Å². The summed E-state index contributed by atoms with van der Waals surface area (Å²) in [4.78, 5) is 0. The Balaban J connectivity index is 0.00000162. The van der Waals surface area contributed by atoms with E-state index in [-0.39, 0.29) is 12.4 Å². The highest BCUT2D eigenvalue weighted by atomic mass is 35.5. The summed E-state index contributed by atoms with van der Waals surface area (Å²) < 4.78 is 5.18. The zero-order chi connectivity index (χ0) is 12.1. The van der Waals surface area contributed by atoms with Crippen LogP contribution in [-0.4, -0.2) is 17.3 Å². The van der Waals surface area contributed by atoms with E-state index in [0.717, 1.165) is 24.5 Å². The van der Waals surface area contributed by atoms with Gasteiger partial charge in [0.15, 0.2) is 0 Å². The Morgan fingerprint density at radius 2 is 2.17 bits per heavy atom. The molecule has 0 saturated carbocycles. The number of hydrogen-bond donors (Lipinski definition) is 2. The van der Waals surface area contributed by atoms with Crippen LogP contribution in [0.3, 0.4) is 0 Å². The first-order valence-corrected chi connectivity index (χ1v) is 5.62. The van der Waals surface area contributed by atoms with Crippen molar-refractivity contribution in [3.05, 3.63) is 47.3 Å². The number of aromatic amines is 1. The van der Waals surface area contributed by atoms with Gasteiger partial charge in [-0.2, -0.15) is 5.10 Å². The van der Waals surface area contributed by atoms with Crippen molar-refractivity contribution in [3.63, 3.8) is 0 Å². The molecule has 0 radical (unpaired) electrons. The Hall–Kier alpha value is -1.52. The van der Waals surface area contributed by atoms with Crippen LogP contribution >= 0.6 is 12.4 Å². The lowest BCUT2D eigenvalue weighted by Gasteiger charge is -2.06. The van der Waals surface area contributed by atoms with E-state index >= 15 is 0 Å². The summed E-state index contributed by atoms with van der Waals surface area (Å²) in [6.45, 7) is 3.66. The monoisotopic (exact) mass is 267 g/mol. The fourth-order valence-electron chi connectivity index (χ4n) is 1.68. The summed E-state index contributed by atoms with van der Waals surface area (Å²) in [5, 5.41) is 10.3. The van der Waals surface area contributed by atoms with Crippen molar-refractivity contribution in [1.82, 2.24) is 15.5 Å². The third kappa shape index (κ3) is 3.75. The molecule has 0 aliphatic rings. The molecule has 98 valence electrons. The molecule has 0 fully saturated rings. The summed E-state index contributed by atoms with van der Waals surface area (Å²) in [6.07, 6.45) is 1.86. The molecule has 2 N–H and O–H groups in total. The Bertz CT molecular complexity index is 485. The molecule has 0 amide bonds. The molecule has 2 aromatic rings. The Morgan fingerprint density at radius 1 is 1.33 bits per heavy atom. The van der Waals surface area contributed by atoms with Gasteiger partial charge in [-0.1, -0.05) is 12.1 Å². The normalized spacial score (nSPS) is 9.89. The van der Waals surface area contributed by atoms with Crippen LogP contribution in [0.4, 0.5) is 0 Å². The van der Waals surface area contributed by atoms with Crippen molar-refractivity contribution in [2.75, 3.05) is 7.11 Å². The van der Waals surface area contributed by atoms with Crippen molar-refractivity contribution in [3.8, 4) is 5.75 Å². The van der Waals surface area contributed by atoms with Gasteiger partial charge in [-0.25, -0.2) is 0 Å². The summed E-state index contributed by atoms with van der Waals surface area (Å²) in [5.41, 5.74) is 3.53. The number of H-pyrrole nitrogens is 1. The molecule has 0 aliphatic heterocycles. The Labute approximate surface area is 113 Å². The number of halogens is 1. The molecule has 5 heteroatoms. The third-order valence-electron chi connectivity index (χ3n) is 2.71. The molecule has 2 rings (SSSR count).